The molecule has 110 valence electrons. The van der Waals surface area contributed by atoms with Crippen LogP contribution in [0.3, 0.4) is 0 Å². The van der Waals surface area contributed by atoms with Gasteiger partial charge in [0.1, 0.15) is 11.4 Å². The Labute approximate surface area is 110 Å². The fraction of sp³-hybridized carbons (Fsp3) is 0.250. The molecule has 0 spiro atoms. The molecule has 1 heterocycles. The highest BCUT2D eigenvalue weighted by Gasteiger charge is 2.39. The van der Waals surface area contributed by atoms with E-state index in [1.165, 1.54) is 0 Å². The first-order chi connectivity index (χ1) is 9.02. The minimum absolute atomic E-state index is 0.303. The topological polar surface area (TPSA) is 22.1 Å². The van der Waals surface area contributed by atoms with E-state index in [4.69, 9.17) is 0 Å². The van der Waals surface area contributed by atoms with Crippen LogP contribution in [0.1, 0.15) is 17.0 Å². The van der Waals surface area contributed by atoms with Gasteiger partial charge in [0, 0.05) is 11.6 Å². The minimum atomic E-state index is -4.92. The molecule has 20 heavy (non-hydrogen) atoms. The quantitative estimate of drug-likeness (QED) is 0.775. The fourth-order valence-corrected chi connectivity index (χ4v) is 1.41. The van der Waals surface area contributed by atoms with Gasteiger partial charge in [-0.25, -0.2) is 4.98 Å². The van der Waals surface area contributed by atoms with Gasteiger partial charge >= 0.3 is 12.4 Å². The van der Waals surface area contributed by atoms with Crippen molar-refractivity contribution in [3.8, 4) is 5.75 Å². The standard InChI is InChI=1S/C12H9F6NO/c1-4-7-8(20-3)5-9(12(16,17)18)19-10(7)6(2)11(13,14)15/h4-5H,1-2H2,3H3. The summed E-state index contributed by atoms with van der Waals surface area (Å²) in [6.07, 6.45) is -8.90. The Hall–Kier alpha value is -1.99. The third-order valence-corrected chi connectivity index (χ3v) is 2.36. The van der Waals surface area contributed by atoms with E-state index in [1.807, 2.05) is 0 Å². The van der Waals surface area contributed by atoms with E-state index in [9.17, 15) is 26.3 Å². The van der Waals surface area contributed by atoms with Gasteiger partial charge in [0.15, 0.2) is 0 Å². The van der Waals surface area contributed by atoms with E-state index in [0.29, 0.717) is 6.07 Å². The van der Waals surface area contributed by atoms with Gasteiger partial charge in [0.05, 0.1) is 18.4 Å². The number of pyridine rings is 1. The van der Waals surface area contributed by atoms with E-state index < -0.39 is 35.1 Å². The zero-order chi connectivity index (χ0) is 15.7. The molecule has 0 aromatic carbocycles. The number of halogens is 6. The molecule has 2 nitrogen and oxygen atoms in total. The number of aromatic nitrogens is 1. The Morgan fingerprint density at radius 2 is 1.80 bits per heavy atom. The van der Waals surface area contributed by atoms with Gasteiger partial charge in [-0.05, 0) is 0 Å². The Morgan fingerprint density at radius 1 is 1.25 bits per heavy atom. The number of hydrogen-bond acceptors (Lipinski definition) is 2. The van der Waals surface area contributed by atoms with Crippen LogP contribution in [0.2, 0.25) is 0 Å². The summed E-state index contributed by atoms with van der Waals surface area (Å²) in [6, 6.07) is 0.504. The second kappa shape index (κ2) is 5.18. The van der Waals surface area contributed by atoms with Crippen LogP contribution in [0.4, 0.5) is 26.3 Å². The molecule has 0 fully saturated rings. The molecule has 0 atom stereocenters. The first-order valence-corrected chi connectivity index (χ1v) is 5.07. The summed E-state index contributed by atoms with van der Waals surface area (Å²) in [6.45, 7) is 5.99. The summed E-state index contributed by atoms with van der Waals surface area (Å²) in [5.41, 5.74) is -4.26. The molecule has 0 aliphatic rings. The molecule has 0 aliphatic heterocycles. The van der Waals surface area contributed by atoms with Crippen molar-refractivity contribution in [2.75, 3.05) is 7.11 Å². The number of allylic oxidation sites excluding steroid dienone is 1. The minimum Gasteiger partial charge on any atom is -0.496 e. The van der Waals surface area contributed by atoms with E-state index in [-0.39, 0.29) is 5.56 Å². The first kappa shape index (κ1) is 16.1. The van der Waals surface area contributed by atoms with Gasteiger partial charge in [-0.1, -0.05) is 19.2 Å². The van der Waals surface area contributed by atoms with Crippen molar-refractivity contribution in [1.82, 2.24) is 4.98 Å². The molecule has 0 aliphatic carbocycles. The SMILES string of the molecule is C=Cc1c(OC)cc(C(F)(F)F)nc1C(=C)C(F)(F)F. The van der Waals surface area contributed by atoms with E-state index in [2.05, 4.69) is 22.9 Å². The maximum Gasteiger partial charge on any atom is 0.433 e. The van der Waals surface area contributed by atoms with Crippen LogP contribution in [-0.4, -0.2) is 18.3 Å². The molecule has 0 saturated carbocycles. The molecule has 8 heteroatoms. The van der Waals surface area contributed by atoms with Crippen molar-refractivity contribution >= 4 is 11.6 Å². The van der Waals surface area contributed by atoms with E-state index in [1.54, 1.807) is 0 Å². The highest BCUT2D eigenvalue weighted by molar-refractivity contribution is 5.76. The van der Waals surface area contributed by atoms with Gasteiger partial charge in [-0.2, -0.15) is 26.3 Å². The van der Waals surface area contributed by atoms with Crippen LogP contribution in [0.15, 0.2) is 19.2 Å². The van der Waals surface area contributed by atoms with Gasteiger partial charge < -0.3 is 4.74 Å². The smallest absolute Gasteiger partial charge is 0.433 e. The van der Waals surface area contributed by atoms with Gasteiger partial charge in [0.25, 0.3) is 0 Å². The third-order valence-electron chi connectivity index (χ3n) is 2.36. The van der Waals surface area contributed by atoms with Crippen LogP contribution in [0.25, 0.3) is 11.6 Å². The monoisotopic (exact) mass is 297 g/mol. The highest BCUT2D eigenvalue weighted by atomic mass is 19.4. The van der Waals surface area contributed by atoms with Crippen molar-refractivity contribution in [1.29, 1.82) is 0 Å². The van der Waals surface area contributed by atoms with Crippen LogP contribution in [0, 0.1) is 0 Å². The van der Waals surface area contributed by atoms with Gasteiger partial charge in [-0.3, -0.25) is 0 Å². The first-order valence-electron chi connectivity index (χ1n) is 5.07. The number of nitrogens with zero attached hydrogens (tertiary/aromatic N) is 1. The lowest BCUT2D eigenvalue weighted by Gasteiger charge is -2.17. The van der Waals surface area contributed by atoms with Crippen molar-refractivity contribution < 1.29 is 31.1 Å². The predicted molar refractivity (Wildman–Crippen MR) is 61.0 cm³/mol. The molecular formula is C12H9F6NO. The Morgan fingerprint density at radius 3 is 2.15 bits per heavy atom. The average Bonchev–Trinajstić information content (AvgIpc) is 2.33. The van der Waals surface area contributed by atoms with E-state index in [0.717, 1.165) is 13.2 Å². The Kier molecular flexibility index (Phi) is 4.16. The largest absolute Gasteiger partial charge is 0.496 e. The summed E-state index contributed by atoms with van der Waals surface area (Å²) in [5.74, 6) is -0.414. The lowest BCUT2D eigenvalue weighted by Crippen LogP contribution is -2.16. The molecular weight excluding hydrogens is 288 g/mol. The van der Waals surface area contributed by atoms with Gasteiger partial charge in [-0.15, -0.1) is 0 Å². The summed E-state index contributed by atoms with van der Waals surface area (Å²) < 4.78 is 80.4. The zero-order valence-electron chi connectivity index (χ0n) is 10.2. The van der Waals surface area contributed by atoms with Crippen molar-refractivity contribution in [3.05, 3.63) is 36.2 Å². The Balaban J connectivity index is 3.63. The average molecular weight is 297 g/mol. The van der Waals surface area contributed by atoms with Crippen molar-refractivity contribution in [2.24, 2.45) is 0 Å². The maximum atomic E-state index is 12.6. The lowest BCUT2D eigenvalue weighted by molar-refractivity contribution is -0.141. The summed E-state index contributed by atoms with van der Waals surface area (Å²) >= 11 is 0. The molecule has 1 rings (SSSR count). The number of hydrogen-bond donors (Lipinski definition) is 0. The molecule has 0 N–H and O–H groups in total. The van der Waals surface area contributed by atoms with Crippen molar-refractivity contribution in [3.63, 3.8) is 0 Å². The lowest BCUT2D eigenvalue weighted by atomic mass is 10.0. The van der Waals surface area contributed by atoms with Crippen LogP contribution in [0.5, 0.6) is 5.75 Å². The van der Waals surface area contributed by atoms with Crippen LogP contribution in [-0.2, 0) is 6.18 Å². The number of rotatable bonds is 3. The van der Waals surface area contributed by atoms with Crippen LogP contribution >= 0.6 is 0 Å². The number of alkyl halides is 6. The maximum absolute atomic E-state index is 12.6. The second-order valence-corrected chi connectivity index (χ2v) is 3.65. The third kappa shape index (κ3) is 3.12. The Bertz CT molecular complexity index is 544. The molecule has 0 amide bonds. The highest BCUT2D eigenvalue weighted by Crippen LogP contribution is 2.39. The van der Waals surface area contributed by atoms with Crippen LogP contribution < -0.4 is 4.74 Å². The molecule has 0 unspecified atom stereocenters. The molecule has 0 bridgehead atoms. The molecule has 1 aromatic heterocycles. The molecule has 1 aromatic rings. The number of ether oxygens (including phenoxy) is 1. The summed E-state index contributed by atoms with van der Waals surface area (Å²) in [7, 11) is 1.03. The zero-order valence-corrected chi connectivity index (χ0v) is 10.2. The molecule has 0 radical (unpaired) electrons. The fourth-order valence-electron chi connectivity index (χ4n) is 1.41. The molecule has 0 saturated heterocycles. The van der Waals surface area contributed by atoms with Gasteiger partial charge in [0.2, 0.25) is 0 Å². The predicted octanol–water partition coefficient (Wildman–Crippen LogP) is 4.33. The summed E-state index contributed by atoms with van der Waals surface area (Å²) in [5, 5.41) is 0. The van der Waals surface area contributed by atoms with E-state index >= 15 is 0 Å². The summed E-state index contributed by atoms with van der Waals surface area (Å²) in [4.78, 5) is 2.99. The number of methoxy groups -OCH3 is 1. The normalized spacial score (nSPS) is 12.2. The second-order valence-electron chi connectivity index (χ2n) is 3.65. The van der Waals surface area contributed by atoms with Crippen molar-refractivity contribution in [2.45, 2.75) is 12.4 Å².